The number of alkyl halides is 2. The fraction of sp³-hybridized carbons (Fsp3) is 0.667. The molecule has 0 aliphatic carbocycles. The van der Waals surface area contributed by atoms with Crippen LogP contribution in [0.2, 0.25) is 0 Å². The summed E-state index contributed by atoms with van der Waals surface area (Å²) < 4.78 is 54.9. The van der Waals surface area contributed by atoms with E-state index in [4.69, 9.17) is 0 Å². The number of ether oxygens (including phenoxy) is 1. The standard InChI is InChI=1S/C12H20F2N2O3S2/c1-2-4-15-8-10-11(3-7-20-10)21(17,18)16-5-6-19-9-12(13)14/h3,7,12,15-16H,2,4-6,8-9H2,1H3. The number of nitrogens with one attached hydrogen (secondary N) is 2. The second-order valence-corrected chi connectivity index (χ2v) is 6.98. The average molecular weight is 342 g/mol. The van der Waals surface area contributed by atoms with Crippen LogP contribution in [0.5, 0.6) is 0 Å². The number of thiophene rings is 1. The monoisotopic (exact) mass is 342 g/mol. The molecule has 0 aliphatic heterocycles. The molecule has 0 radical (unpaired) electrons. The molecule has 0 amide bonds. The number of sulfonamides is 1. The average Bonchev–Trinajstić information content (AvgIpc) is 2.87. The first-order valence-corrected chi connectivity index (χ1v) is 8.96. The molecule has 0 unspecified atom stereocenters. The fourth-order valence-electron chi connectivity index (χ4n) is 1.57. The van der Waals surface area contributed by atoms with Gasteiger partial charge in [-0.25, -0.2) is 21.9 Å². The molecule has 0 bridgehead atoms. The van der Waals surface area contributed by atoms with Gasteiger partial charge in [-0.3, -0.25) is 0 Å². The van der Waals surface area contributed by atoms with Crippen molar-refractivity contribution in [2.45, 2.75) is 31.2 Å². The summed E-state index contributed by atoms with van der Waals surface area (Å²) in [6.45, 7) is 2.52. The highest BCUT2D eigenvalue weighted by atomic mass is 32.2. The lowest BCUT2D eigenvalue weighted by Gasteiger charge is -2.09. The topological polar surface area (TPSA) is 67.4 Å². The van der Waals surface area contributed by atoms with Crippen molar-refractivity contribution in [3.8, 4) is 0 Å². The van der Waals surface area contributed by atoms with Gasteiger partial charge in [-0.15, -0.1) is 11.3 Å². The van der Waals surface area contributed by atoms with Crippen LogP contribution in [-0.4, -0.2) is 41.1 Å². The molecule has 0 fully saturated rings. The Labute approximate surface area is 127 Å². The number of rotatable bonds is 11. The van der Waals surface area contributed by atoms with E-state index < -0.39 is 23.1 Å². The van der Waals surface area contributed by atoms with E-state index in [1.165, 1.54) is 17.4 Å². The second-order valence-electron chi connectivity index (χ2n) is 4.25. The summed E-state index contributed by atoms with van der Waals surface area (Å²) >= 11 is 1.36. The van der Waals surface area contributed by atoms with Crippen LogP contribution < -0.4 is 10.0 Å². The lowest BCUT2D eigenvalue weighted by molar-refractivity contribution is 0.0199. The van der Waals surface area contributed by atoms with Gasteiger partial charge in [0.05, 0.1) is 11.5 Å². The Morgan fingerprint density at radius 1 is 1.38 bits per heavy atom. The molecule has 0 saturated carbocycles. The molecule has 1 rings (SSSR count). The Balaban J connectivity index is 2.48. The summed E-state index contributed by atoms with van der Waals surface area (Å²) in [5, 5.41) is 4.86. The van der Waals surface area contributed by atoms with Crippen molar-refractivity contribution in [2.24, 2.45) is 0 Å². The third kappa shape index (κ3) is 6.79. The van der Waals surface area contributed by atoms with Crippen molar-refractivity contribution < 1.29 is 21.9 Å². The molecule has 0 saturated heterocycles. The molecule has 0 atom stereocenters. The highest BCUT2D eigenvalue weighted by Crippen LogP contribution is 2.21. The normalized spacial score (nSPS) is 12.2. The van der Waals surface area contributed by atoms with E-state index in [0.717, 1.165) is 17.8 Å². The summed E-state index contributed by atoms with van der Waals surface area (Å²) in [6, 6.07) is 1.54. The van der Waals surface area contributed by atoms with Crippen molar-refractivity contribution in [1.29, 1.82) is 0 Å². The van der Waals surface area contributed by atoms with E-state index in [2.05, 4.69) is 14.8 Å². The molecule has 1 aromatic rings. The quantitative estimate of drug-likeness (QED) is 0.602. The van der Waals surface area contributed by atoms with Crippen LogP contribution in [0.15, 0.2) is 16.3 Å². The van der Waals surface area contributed by atoms with Gasteiger partial charge in [0.15, 0.2) is 0 Å². The Bertz CT molecular complexity index is 506. The van der Waals surface area contributed by atoms with Crippen molar-refractivity contribution in [1.82, 2.24) is 10.0 Å². The lowest BCUT2D eigenvalue weighted by atomic mass is 10.4. The maximum absolute atomic E-state index is 12.1. The van der Waals surface area contributed by atoms with E-state index in [0.29, 0.717) is 6.54 Å². The minimum absolute atomic E-state index is 0.0350. The molecular weight excluding hydrogens is 322 g/mol. The van der Waals surface area contributed by atoms with Gasteiger partial charge in [0, 0.05) is 18.0 Å². The van der Waals surface area contributed by atoms with E-state index >= 15 is 0 Å². The van der Waals surface area contributed by atoms with E-state index in [1.54, 1.807) is 5.38 Å². The first-order chi connectivity index (χ1) is 9.97. The summed E-state index contributed by atoms with van der Waals surface area (Å²) in [7, 11) is -3.63. The maximum Gasteiger partial charge on any atom is 0.261 e. The molecule has 0 aromatic carbocycles. The Morgan fingerprint density at radius 3 is 2.81 bits per heavy atom. The van der Waals surface area contributed by atoms with E-state index in [9.17, 15) is 17.2 Å². The Morgan fingerprint density at radius 2 is 2.14 bits per heavy atom. The number of hydrogen-bond acceptors (Lipinski definition) is 5. The second kappa shape index (κ2) is 9.42. The molecule has 21 heavy (non-hydrogen) atoms. The molecule has 2 N–H and O–H groups in total. The zero-order valence-electron chi connectivity index (χ0n) is 11.8. The van der Waals surface area contributed by atoms with Gasteiger partial charge >= 0.3 is 0 Å². The van der Waals surface area contributed by atoms with Gasteiger partial charge in [0.25, 0.3) is 6.43 Å². The van der Waals surface area contributed by atoms with Crippen LogP contribution in [0, 0.1) is 0 Å². The summed E-state index contributed by atoms with van der Waals surface area (Å²) in [4.78, 5) is 0.953. The third-order valence-electron chi connectivity index (χ3n) is 2.49. The van der Waals surface area contributed by atoms with Gasteiger partial charge in [-0.2, -0.15) is 0 Å². The lowest BCUT2D eigenvalue weighted by Crippen LogP contribution is -2.28. The predicted octanol–water partition coefficient (Wildman–Crippen LogP) is 1.81. The van der Waals surface area contributed by atoms with Crippen molar-refractivity contribution in [3.05, 3.63) is 16.3 Å². The van der Waals surface area contributed by atoms with Crippen LogP contribution in [0.25, 0.3) is 0 Å². The van der Waals surface area contributed by atoms with Crippen LogP contribution in [-0.2, 0) is 21.3 Å². The highest BCUT2D eigenvalue weighted by Gasteiger charge is 2.19. The molecule has 122 valence electrons. The van der Waals surface area contributed by atoms with Crippen LogP contribution in [0.1, 0.15) is 18.2 Å². The molecule has 1 heterocycles. The van der Waals surface area contributed by atoms with Gasteiger partial charge in [-0.1, -0.05) is 6.92 Å². The molecule has 0 spiro atoms. The highest BCUT2D eigenvalue weighted by molar-refractivity contribution is 7.89. The molecule has 5 nitrogen and oxygen atoms in total. The largest absolute Gasteiger partial charge is 0.374 e. The maximum atomic E-state index is 12.1. The third-order valence-corrected chi connectivity index (χ3v) is 5.08. The van der Waals surface area contributed by atoms with Crippen molar-refractivity contribution >= 4 is 21.4 Å². The molecular formula is C12H20F2N2O3S2. The van der Waals surface area contributed by atoms with Gasteiger partial charge in [0.1, 0.15) is 6.61 Å². The van der Waals surface area contributed by atoms with Crippen molar-refractivity contribution in [2.75, 3.05) is 26.3 Å². The Hall–Kier alpha value is -0.610. The van der Waals surface area contributed by atoms with Crippen LogP contribution in [0.4, 0.5) is 8.78 Å². The molecule has 0 aliphatic rings. The minimum Gasteiger partial charge on any atom is -0.374 e. The first-order valence-electron chi connectivity index (χ1n) is 6.60. The van der Waals surface area contributed by atoms with Crippen molar-refractivity contribution in [3.63, 3.8) is 0 Å². The predicted molar refractivity (Wildman–Crippen MR) is 78.3 cm³/mol. The smallest absolute Gasteiger partial charge is 0.261 e. The van der Waals surface area contributed by atoms with E-state index in [1.807, 2.05) is 6.92 Å². The first kappa shape index (κ1) is 18.4. The van der Waals surface area contributed by atoms with Crippen LogP contribution >= 0.6 is 11.3 Å². The zero-order chi connectivity index (χ0) is 15.7. The van der Waals surface area contributed by atoms with Gasteiger partial charge in [-0.05, 0) is 24.4 Å². The fourth-order valence-corrected chi connectivity index (χ4v) is 4.00. The number of halogens is 2. The number of hydrogen-bond donors (Lipinski definition) is 2. The van der Waals surface area contributed by atoms with Gasteiger partial charge < -0.3 is 10.1 Å². The summed E-state index contributed by atoms with van der Waals surface area (Å²) in [6.07, 6.45) is -1.58. The van der Waals surface area contributed by atoms with Crippen LogP contribution in [0.3, 0.4) is 0 Å². The zero-order valence-corrected chi connectivity index (χ0v) is 13.4. The molecule has 9 heteroatoms. The minimum atomic E-state index is -3.63. The SMILES string of the molecule is CCCNCc1sccc1S(=O)(=O)NCCOCC(F)F. The van der Waals surface area contributed by atoms with E-state index in [-0.39, 0.29) is 18.0 Å². The summed E-state index contributed by atoms with van der Waals surface area (Å²) in [5.74, 6) is 0. The Kier molecular flexibility index (Phi) is 8.27. The molecule has 1 aromatic heterocycles. The van der Waals surface area contributed by atoms with Gasteiger partial charge in [0.2, 0.25) is 10.0 Å². The summed E-state index contributed by atoms with van der Waals surface area (Å²) in [5.41, 5.74) is 0.